The van der Waals surface area contributed by atoms with Gasteiger partial charge in [0.25, 0.3) is 0 Å². The van der Waals surface area contributed by atoms with Crippen LogP contribution in [0, 0.1) is 34.5 Å². The van der Waals surface area contributed by atoms with E-state index >= 15 is 0 Å². The fourth-order valence-corrected chi connectivity index (χ4v) is 6.10. The minimum absolute atomic E-state index is 0.356. The Kier molecular flexibility index (Phi) is 6.09. The van der Waals surface area contributed by atoms with Crippen LogP contribution in [0.25, 0.3) is 0 Å². The van der Waals surface area contributed by atoms with E-state index in [9.17, 15) is 0 Å². The van der Waals surface area contributed by atoms with E-state index in [4.69, 9.17) is 0 Å². The molecule has 0 bridgehead atoms. The molecule has 0 N–H and O–H groups in total. The van der Waals surface area contributed by atoms with Gasteiger partial charge in [0.1, 0.15) is 0 Å². The summed E-state index contributed by atoms with van der Waals surface area (Å²) >= 11 is 0. The van der Waals surface area contributed by atoms with E-state index in [1.54, 1.807) is 5.57 Å². The SMILES string of the molecule is C=C(C)[C@@]1(C)CCC2C(CC=C(CC(C)C)C2(C)CC)C1CCC. The highest BCUT2D eigenvalue weighted by Gasteiger charge is 2.52. The van der Waals surface area contributed by atoms with E-state index in [0.29, 0.717) is 10.8 Å². The third kappa shape index (κ3) is 3.27. The number of fused-ring (bicyclic) bond motifs is 1. The Morgan fingerprint density at radius 3 is 2.46 bits per heavy atom. The lowest BCUT2D eigenvalue weighted by atomic mass is 9.47. The summed E-state index contributed by atoms with van der Waals surface area (Å²) in [4.78, 5) is 0. The zero-order valence-electron chi connectivity index (χ0n) is 17.5. The van der Waals surface area contributed by atoms with Gasteiger partial charge in [0.05, 0.1) is 0 Å². The van der Waals surface area contributed by atoms with Crippen molar-refractivity contribution < 1.29 is 0 Å². The van der Waals surface area contributed by atoms with Crippen molar-refractivity contribution in [3.05, 3.63) is 23.8 Å². The molecule has 0 heteroatoms. The Morgan fingerprint density at radius 1 is 1.29 bits per heavy atom. The molecule has 0 aromatic rings. The summed E-state index contributed by atoms with van der Waals surface area (Å²) in [7, 11) is 0. The maximum absolute atomic E-state index is 4.42. The van der Waals surface area contributed by atoms with Crippen molar-refractivity contribution in [3.8, 4) is 0 Å². The molecule has 1 fully saturated rings. The van der Waals surface area contributed by atoms with Crippen LogP contribution in [0.4, 0.5) is 0 Å². The van der Waals surface area contributed by atoms with Crippen molar-refractivity contribution in [3.63, 3.8) is 0 Å². The van der Waals surface area contributed by atoms with E-state index in [2.05, 4.69) is 61.1 Å². The molecule has 2 aliphatic carbocycles. The highest BCUT2D eigenvalue weighted by molar-refractivity contribution is 5.24. The van der Waals surface area contributed by atoms with Gasteiger partial charge in [-0.05, 0) is 80.0 Å². The zero-order valence-corrected chi connectivity index (χ0v) is 17.5. The lowest BCUT2D eigenvalue weighted by Gasteiger charge is -2.58. The Labute approximate surface area is 152 Å². The van der Waals surface area contributed by atoms with E-state index < -0.39 is 0 Å². The van der Waals surface area contributed by atoms with Gasteiger partial charge in [0.2, 0.25) is 0 Å². The van der Waals surface area contributed by atoms with Crippen LogP contribution in [-0.4, -0.2) is 0 Å². The quantitative estimate of drug-likeness (QED) is 0.436. The molecule has 0 spiro atoms. The van der Waals surface area contributed by atoms with Crippen LogP contribution in [0.5, 0.6) is 0 Å². The van der Waals surface area contributed by atoms with E-state index in [0.717, 1.165) is 23.7 Å². The molecule has 0 aliphatic heterocycles. The van der Waals surface area contributed by atoms with E-state index in [-0.39, 0.29) is 0 Å². The van der Waals surface area contributed by atoms with Gasteiger partial charge in [-0.2, -0.15) is 0 Å². The van der Waals surface area contributed by atoms with Gasteiger partial charge in [0.15, 0.2) is 0 Å². The van der Waals surface area contributed by atoms with Crippen molar-refractivity contribution in [1.29, 1.82) is 0 Å². The second-order valence-corrected chi connectivity index (χ2v) is 9.74. The van der Waals surface area contributed by atoms with Gasteiger partial charge >= 0.3 is 0 Å². The Balaban J connectivity index is 2.40. The third-order valence-corrected chi connectivity index (χ3v) is 7.95. The summed E-state index contributed by atoms with van der Waals surface area (Å²) in [6.07, 6.45) is 12.0. The van der Waals surface area contributed by atoms with E-state index in [1.165, 1.54) is 50.5 Å². The standard InChI is InChI=1S/C24H42/c1-9-11-21-20-13-12-19(16-17(3)4)23(7,10-2)22(20)14-15-24(21,8)18(5)6/h12,17,20-22H,5,9-11,13-16H2,1-4,6-8H3/t20?,21?,22?,23?,24-/m1/s1. The molecule has 0 radical (unpaired) electrons. The van der Waals surface area contributed by atoms with Crippen molar-refractivity contribution in [1.82, 2.24) is 0 Å². The molecule has 5 atom stereocenters. The Morgan fingerprint density at radius 2 is 1.96 bits per heavy atom. The van der Waals surface area contributed by atoms with Gasteiger partial charge in [-0.25, -0.2) is 0 Å². The first-order chi connectivity index (χ1) is 11.2. The zero-order chi connectivity index (χ0) is 18.1. The summed E-state index contributed by atoms with van der Waals surface area (Å²) in [5.74, 6) is 3.34. The lowest BCUT2D eigenvalue weighted by Crippen LogP contribution is -2.49. The van der Waals surface area contributed by atoms with Crippen LogP contribution in [0.15, 0.2) is 23.8 Å². The van der Waals surface area contributed by atoms with Crippen molar-refractivity contribution in [2.75, 3.05) is 0 Å². The van der Waals surface area contributed by atoms with Gasteiger partial charge < -0.3 is 0 Å². The summed E-state index contributed by atoms with van der Waals surface area (Å²) in [6.45, 7) is 21.4. The maximum Gasteiger partial charge on any atom is -0.00878 e. The highest BCUT2D eigenvalue weighted by atomic mass is 14.6. The van der Waals surface area contributed by atoms with Crippen LogP contribution >= 0.6 is 0 Å². The number of hydrogen-bond donors (Lipinski definition) is 0. The van der Waals surface area contributed by atoms with Gasteiger partial charge in [-0.15, -0.1) is 0 Å². The fourth-order valence-electron chi connectivity index (χ4n) is 6.10. The summed E-state index contributed by atoms with van der Waals surface area (Å²) in [5.41, 5.74) is 3.98. The molecule has 24 heavy (non-hydrogen) atoms. The van der Waals surface area contributed by atoms with Crippen LogP contribution in [0.2, 0.25) is 0 Å². The molecule has 0 saturated heterocycles. The first-order valence-electron chi connectivity index (χ1n) is 10.6. The number of rotatable bonds is 6. The number of hydrogen-bond acceptors (Lipinski definition) is 0. The molecule has 0 nitrogen and oxygen atoms in total. The van der Waals surface area contributed by atoms with Crippen molar-refractivity contribution in [2.45, 2.75) is 93.4 Å². The molecular weight excluding hydrogens is 288 g/mol. The smallest absolute Gasteiger partial charge is 0.00878 e. The van der Waals surface area contributed by atoms with Crippen molar-refractivity contribution >= 4 is 0 Å². The van der Waals surface area contributed by atoms with Crippen LogP contribution in [0.3, 0.4) is 0 Å². The van der Waals surface area contributed by atoms with Crippen molar-refractivity contribution in [2.24, 2.45) is 34.5 Å². The average Bonchev–Trinajstić information content (AvgIpc) is 2.52. The van der Waals surface area contributed by atoms with Gasteiger partial charge in [0, 0.05) is 0 Å². The number of allylic oxidation sites excluding steroid dienone is 3. The minimum atomic E-state index is 0.356. The molecular formula is C24H42. The summed E-state index contributed by atoms with van der Waals surface area (Å²) in [6, 6.07) is 0. The van der Waals surface area contributed by atoms with Crippen LogP contribution < -0.4 is 0 Å². The first-order valence-corrected chi connectivity index (χ1v) is 10.6. The monoisotopic (exact) mass is 330 g/mol. The summed E-state index contributed by atoms with van der Waals surface area (Å²) in [5, 5.41) is 0. The predicted molar refractivity (Wildman–Crippen MR) is 108 cm³/mol. The third-order valence-electron chi connectivity index (χ3n) is 7.95. The molecule has 138 valence electrons. The second kappa shape index (κ2) is 7.38. The molecule has 0 heterocycles. The second-order valence-electron chi connectivity index (χ2n) is 9.74. The molecule has 0 aromatic carbocycles. The van der Waals surface area contributed by atoms with Crippen LogP contribution in [0.1, 0.15) is 93.4 Å². The van der Waals surface area contributed by atoms with Crippen LogP contribution in [-0.2, 0) is 0 Å². The molecule has 0 amide bonds. The van der Waals surface area contributed by atoms with E-state index in [1.807, 2.05) is 0 Å². The molecule has 2 aliphatic rings. The molecule has 1 saturated carbocycles. The molecule has 4 unspecified atom stereocenters. The average molecular weight is 331 g/mol. The normalized spacial score (nSPS) is 39.5. The molecule has 0 aromatic heterocycles. The Hall–Kier alpha value is -0.520. The lowest BCUT2D eigenvalue weighted by molar-refractivity contribution is -0.0234. The van der Waals surface area contributed by atoms with Gasteiger partial charge in [-0.1, -0.05) is 71.8 Å². The minimum Gasteiger partial charge on any atom is -0.0996 e. The predicted octanol–water partition coefficient (Wildman–Crippen LogP) is 7.80. The molecule has 2 rings (SSSR count). The largest absolute Gasteiger partial charge is 0.0996 e. The van der Waals surface area contributed by atoms with Gasteiger partial charge in [-0.3, -0.25) is 0 Å². The highest BCUT2D eigenvalue weighted by Crippen LogP contribution is 2.61. The maximum atomic E-state index is 4.42. The first kappa shape index (κ1) is 19.8. The summed E-state index contributed by atoms with van der Waals surface area (Å²) < 4.78 is 0. The topological polar surface area (TPSA) is 0 Å². The fraction of sp³-hybridized carbons (Fsp3) is 0.833. The Bertz CT molecular complexity index is 482.